The Bertz CT molecular complexity index is 1440. The van der Waals surface area contributed by atoms with Crippen LogP contribution in [0.5, 0.6) is 0 Å². The molecule has 0 radical (unpaired) electrons. The van der Waals surface area contributed by atoms with Crippen molar-refractivity contribution in [2.24, 2.45) is 0 Å². The molecular weight excluding hydrogens is 574 g/mol. The van der Waals surface area contributed by atoms with Crippen LogP contribution in [0.3, 0.4) is 0 Å². The molecule has 2 aromatic rings. The number of carbonyl (C=O) groups excluding carboxylic acids is 3. The zero-order valence-electron chi connectivity index (χ0n) is 18.1. The fraction of sp³-hybridized carbons (Fsp3) is 0.217. The van der Waals surface area contributed by atoms with E-state index in [0.29, 0.717) is 23.4 Å². The average Bonchev–Trinajstić information content (AvgIpc) is 3.39. The fourth-order valence-electron chi connectivity index (χ4n) is 4.39. The van der Waals surface area contributed by atoms with Gasteiger partial charge in [0.25, 0.3) is 11.8 Å². The number of rotatable bonds is 4. The van der Waals surface area contributed by atoms with Gasteiger partial charge in [-0.25, -0.2) is 8.42 Å². The van der Waals surface area contributed by atoms with Crippen molar-refractivity contribution in [1.29, 1.82) is 0 Å². The van der Waals surface area contributed by atoms with Crippen LogP contribution < -0.4 is 10.2 Å². The summed E-state index contributed by atoms with van der Waals surface area (Å²) in [5.74, 6) is -1.48. The third kappa shape index (κ3) is 4.55. The van der Waals surface area contributed by atoms with Gasteiger partial charge in [0.1, 0.15) is 10.9 Å². The lowest BCUT2D eigenvalue weighted by molar-refractivity contribution is -0.123. The molecule has 1 atom stereocenters. The number of anilines is 2. The molecule has 0 bridgehead atoms. The lowest BCUT2D eigenvalue weighted by atomic mass is 10.1. The van der Waals surface area contributed by atoms with Crippen LogP contribution in [0.25, 0.3) is 5.57 Å². The lowest BCUT2D eigenvalue weighted by Gasteiger charge is -2.21. The van der Waals surface area contributed by atoms with E-state index in [9.17, 15) is 22.8 Å². The molecule has 1 N–H and O–H groups in total. The number of para-hydroxylation sites is 1. The van der Waals surface area contributed by atoms with Gasteiger partial charge in [-0.3, -0.25) is 24.2 Å². The predicted molar refractivity (Wildman–Crippen MR) is 143 cm³/mol. The van der Waals surface area contributed by atoms with Gasteiger partial charge in [-0.15, -0.1) is 0 Å². The minimum atomic E-state index is -3.23. The molecule has 8 nitrogen and oxygen atoms in total. The van der Waals surface area contributed by atoms with Gasteiger partial charge in [0.2, 0.25) is 5.91 Å². The van der Waals surface area contributed by atoms with E-state index in [1.165, 1.54) is 9.80 Å². The van der Waals surface area contributed by atoms with E-state index in [1.54, 1.807) is 42.5 Å². The quantitative estimate of drug-likeness (QED) is 0.430. The van der Waals surface area contributed by atoms with Gasteiger partial charge in [0.15, 0.2) is 9.84 Å². The molecule has 0 aliphatic carbocycles. The summed E-state index contributed by atoms with van der Waals surface area (Å²) in [7, 11) is -3.23. The van der Waals surface area contributed by atoms with E-state index >= 15 is 0 Å². The molecule has 0 aromatic heterocycles. The first-order valence-electron chi connectivity index (χ1n) is 10.6. The highest BCUT2D eigenvalue weighted by Crippen LogP contribution is 2.45. The third-order valence-corrected chi connectivity index (χ3v) is 9.58. The summed E-state index contributed by atoms with van der Waals surface area (Å²) >= 11 is 9.76. The van der Waals surface area contributed by atoms with Gasteiger partial charge < -0.3 is 5.32 Å². The molecule has 5 rings (SSSR count). The Hall–Kier alpha value is -2.54. The number of nitrogens with zero attached hydrogens (tertiary/aromatic N) is 2. The summed E-state index contributed by atoms with van der Waals surface area (Å²) in [4.78, 5) is 42.5. The molecule has 2 saturated heterocycles. The molecule has 0 unspecified atom stereocenters. The Morgan fingerprint density at radius 2 is 1.91 bits per heavy atom. The van der Waals surface area contributed by atoms with Crippen LogP contribution in [0.1, 0.15) is 12.0 Å². The van der Waals surface area contributed by atoms with Crippen LogP contribution in [0.15, 0.2) is 57.9 Å². The van der Waals surface area contributed by atoms with Gasteiger partial charge in [-0.1, -0.05) is 64.2 Å². The van der Waals surface area contributed by atoms with Crippen molar-refractivity contribution in [2.45, 2.75) is 12.5 Å². The number of amides is 3. The first kappa shape index (κ1) is 24.2. The van der Waals surface area contributed by atoms with Crippen molar-refractivity contribution in [1.82, 2.24) is 4.90 Å². The van der Waals surface area contributed by atoms with E-state index < -0.39 is 33.6 Å². The Balaban J connectivity index is 1.45. The molecule has 0 spiro atoms. The van der Waals surface area contributed by atoms with Crippen molar-refractivity contribution >= 4 is 88.7 Å². The van der Waals surface area contributed by atoms with Crippen LogP contribution in [0.2, 0.25) is 0 Å². The van der Waals surface area contributed by atoms with Gasteiger partial charge in [-0.05, 0) is 30.7 Å². The minimum absolute atomic E-state index is 0.00324. The van der Waals surface area contributed by atoms with E-state index in [-0.39, 0.29) is 32.8 Å². The van der Waals surface area contributed by atoms with Crippen molar-refractivity contribution in [3.63, 3.8) is 0 Å². The van der Waals surface area contributed by atoms with Crippen molar-refractivity contribution in [3.05, 3.63) is 63.5 Å². The second-order valence-electron chi connectivity index (χ2n) is 8.27. The predicted octanol–water partition coefficient (Wildman–Crippen LogP) is 3.19. The maximum Gasteiger partial charge on any atom is 0.267 e. The van der Waals surface area contributed by atoms with Crippen LogP contribution in [0, 0.1) is 0 Å². The van der Waals surface area contributed by atoms with Gasteiger partial charge in [-0.2, -0.15) is 0 Å². The number of thiocarbonyl (C=S) groups is 1. The third-order valence-electron chi connectivity index (χ3n) is 5.93. The molecule has 3 amide bonds. The highest BCUT2D eigenvalue weighted by Gasteiger charge is 2.46. The monoisotopic (exact) mass is 591 g/mol. The SMILES string of the molecule is O=C(CN1C(=O)/C(=C2\SC(=S)N([C@H]3CCS(=O)(=O)C3)C2=O)c2ccccc21)Nc1cccc(Br)c1. The highest BCUT2D eigenvalue weighted by atomic mass is 79.9. The summed E-state index contributed by atoms with van der Waals surface area (Å²) in [6, 6.07) is 13.5. The largest absolute Gasteiger partial charge is 0.324 e. The van der Waals surface area contributed by atoms with Gasteiger partial charge in [0.05, 0.1) is 33.7 Å². The van der Waals surface area contributed by atoms with E-state index in [0.717, 1.165) is 16.2 Å². The first-order chi connectivity index (χ1) is 16.6. The molecule has 12 heteroatoms. The molecule has 0 saturated carbocycles. The number of fused-ring (bicyclic) bond motifs is 1. The Kier molecular flexibility index (Phi) is 6.32. The number of halogens is 1. The Morgan fingerprint density at radius 1 is 1.14 bits per heavy atom. The van der Waals surface area contributed by atoms with Crippen molar-refractivity contribution < 1.29 is 22.8 Å². The summed E-state index contributed by atoms with van der Waals surface area (Å²) in [5, 5.41) is 2.78. The summed E-state index contributed by atoms with van der Waals surface area (Å²) in [6.07, 6.45) is 0.309. The standard InChI is InChI=1S/C23H18BrN3O5S3/c24-13-4-3-5-14(10-13)25-18(28)11-26-17-7-2-1-6-16(17)19(21(26)29)20-22(30)27(23(33)34-20)15-8-9-35(31,32)12-15/h1-7,10,15H,8-9,11-12H2,(H,25,28)/b20-19-/t15-/m0/s1. The number of hydrogen-bond donors (Lipinski definition) is 1. The van der Waals surface area contributed by atoms with Crippen molar-refractivity contribution in [3.8, 4) is 0 Å². The summed E-state index contributed by atoms with van der Waals surface area (Å²) in [6.45, 7) is -0.243. The van der Waals surface area contributed by atoms with Crippen molar-refractivity contribution in [2.75, 3.05) is 28.3 Å². The van der Waals surface area contributed by atoms with Gasteiger partial charge in [0, 0.05) is 15.7 Å². The molecule has 3 aliphatic heterocycles. The van der Waals surface area contributed by atoms with Gasteiger partial charge >= 0.3 is 0 Å². The first-order valence-corrected chi connectivity index (χ1v) is 14.5. The number of hydrogen-bond acceptors (Lipinski definition) is 7. The Morgan fingerprint density at radius 3 is 2.63 bits per heavy atom. The minimum Gasteiger partial charge on any atom is -0.324 e. The number of carbonyl (C=O) groups is 3. The second-order valence-corrected chi connectivity index (χ2v) is 13.1. The molecule has 2 fully saturated rings. The molecule has 3 heterocycles. The fourth-order valence-corrected chi connectivity index (χ4v) is 7.96. The number of benzene rings is 2. The topological polar surface area (TPSA) is 104 Å². The number of thioether (sulfide) groups is 1. The zero-order valence-corrected chi connectivity index (χ0v) is 22.1. The van der Waals surface area contributed by atoms with E-state index in [4.69, 9.17) is 12.2 Å². The normalized spacial score (nSPS) is 23.2. The van der Waals surface area contributed by atoms with Crippen LogP contribution in [0.4, 0.5) is 11.4 Å². The van der Waals surface area contributed by atoms with E-state index in [2.05, 4.69) is 21.2 Å². The maximum atomic E-state index is 13.5. The van der Waals surface area contributed by atoms with Crippen LogP contribution in [-0.2, 0) is 24.2 Å². The van der Waals surface area contributed by atoms with E-state index in [1.807, 2.05) is 6.07 Å². The summed E-state index contributed by atoms with van der Waals surface area (Å²) in [5.41, 5.74) is 1.81. The lowest BCUT2D eigenvalue weighted by Crippen LogP contribution is -2.39. The zero-order chi connectivity index (χ0) is 24.9. The molecule has 35 heavy (non-hydrogen) atoms. The average molecular weight is 593 g/mol. The second kappa shape index (κ2) is 9.16. The molecular formula is C23H18BrN3O5S3. The smallest absolute Gasteiger partial charge is 0.267 e. The molecule has 3 aliphatic rings. The summed E-state index contributed by atoms with van der Waals surface area (Å²) < 4.78 is 25.0. The Labute approximate surface area is 219 Å². The van der Waals surface area contributed by atoms with Crippen LogP contribution in [-0.4, -0.2) is 59.5 Å². The number of sulfone groups is 1. The number of nitrogens with one attached hydrogen (secondary N) is 1. The molecule has 180 valence electrons. The maximum absolute atomic E-state index is 13.5. The molecule has 2 aromatic carbocycles. The highest BCUT2D eigenvalue weighted by molar-refractivity contribution is 9.10. The van der Waals surface area contributed by atoms with Crippen LogP contribution >= 0.6 is 39.9 Å².